The third-order valence-electron chi connectivity index (χ3n) is 6.40. The van der Waals surface area contributed by atoms with E-state index in [0.717, 1.165) is 40.8 Å². The van der Waals surface area contributed by atoms with Gasteiger partial charge in [0.2, 0.25) is 0 Å². The number of nitrogens with zero attached hydrogens (tertiary/aromatic N) is 4. The molecule has 3 aromatic heterocycles. The Morgan fingerprint density at radius 3 is 2.66 bits per heavy atom. The smallest absolute Gasteiger partial charge is 0.342 e. The summed E-state index contributed by atoms with van der Waals surface area (Å²) in [7, 11) is 0. The zero-order valence-corrected chi connectivity index (χ0v) is 18.2. The summed E-state index contributed by atoms with van der Waals surface area (Å²) in [6.07, 6.45) is 2.32. The van der Waals surface area contributed by atoms with Crippen LogP contribution in [0.3, 0.4) is 0 Å². The van der Waals surface area contributed by atoms with E-state index in [1.807, 2.05) is 47.0 Å². The van der Waals surface area contributed by atoms with E-state index < -0.39 is 0 Å². The van der Waals surface area contributed by atoms with Crippen molar-refractivity contribution in [1.82, 2.24) is 19.7 Å². The molecule has 1 aliphatic heterocycles. The Hall–Kier alpha value is -3.23. The number of para-hydroxylation sites is 2. The van der Waals surface area contributed by atoms with E-state index >= 15 is 0 Å². The van der Waals surface area contributed by atoms with E-state index in [1.165, 1.54) is 0 Å². The first-order valence-electron chi connectivity index (χ1n) is 11.2. The number of ether oxygens (including phenoxy) is 1. The summed E-state index contributed by atoms with van der Waals surface area (Å²) in [4.78, 5) is 25.0. The molecule has 4 atom stereocenters. The predicted octanol–water partition coefficient (Wildman–Crippen LogP) is 2.48. The van der Waals surface area contributed by atoms with Crippen LogP contribution in [-0.4, -0.2) is 57.7 Å². The van der Waals surface area contributed by atoms with Crippen LogP contribution in [0.4, 0.5) is 5.69 Å². The number of piperazine rings is 1. The number of fused-ring (bicyclic) bond motifs is 5. The maximum atomic E-state index is 13.2. The molecule has 1 aromatic carbocycles. The molecular weight excluding hydrogens is 404 g/mol. The van der Waals surface area contributed by atoms with E-state index in [1.54, 1.807) is 0 Å². The normalized spacial score (nSPS) is 25.5. The van der Waals surface area contributed by atoms with E-state index in [9.17, 15) is 4.79 Å². The van der Waals surface area contributed by atoms with Gasteiger partial charge in [-0.3, -0.25) is 4.40 Å². The zero-order chi connectivity index (χ0) is 22.0. The van der Waals surface area contributed by atoms with Gasteiger partial charge in [0.25, 0.3) is 0 Å². The van der Waals surface area contributed by atoms with Crippen LogP contribution in [-0.2, 0) is 4.74 Å². The largest absolute Gasteiger partial charge is 0.457 e. The van der Waals surface area contributed by atoms with Gasteiger partial charge in [-0.25, -0.2) is 14.8 Å². The molecule has 8 nitrogen and oxygen atoms in total. The van der Waals surface area contributed by atoms with Crippen LogP contribution in [0, 0.1) is 0 Å². The highest BCUT2D eigenvalue weighted by Gasteiger charge is 2.38. The molecule has 3 N–H and O–H groups in total. The van der Waals surface area contributed by atoms with Crippen molar-refractivity contribution in [3.05, 3.63) is 48.2 Å². The lowest BCUT2D eigenvalue weighted by atomic mass is 10.1. The van der Waals surface area contributed by atoms with Crippen molar-refractivity contribution in [1.29, 1.82) is 0 Å². The van der Waals surface area contributed by atoms with Gasteiger partial charge in [-0.1, -0.05) is 12.1 Å². The highest BCUT2D eigenvalue weighted by Crippen LogP contribution is 2.33. The molecule has 2 aliphatic rings. The monoisotopic (exact) mass is 430 g/mol. The number of benzene rings is 1. The third kappa shape index (κ3) is 3.10. The summed E-state index contributed by atoms with van der Waals surface area (Å²) in [5.74, 6) is -0.387. The fraction of sp³-hybridized carbons (Fsp3) is 0.375. The Labute approximate surface area is 185 Å². The summed E-state index contributed by atoms with van der Waals surface area (Å²) in [5.41, 5.74) is 10.5. The van der Waals surface area contributed by atoms with Crippen molar-refractivity contribution in [2.45, 2.75) is 44.5 Å². The van der Waals surface area contributed by atoms with Gasteiger partial charge >= 0.3 is 5.97 Å². The molecule has 32 heavy (non-hydrogen) atoms. The number of imidazole rings is 1. The summed E-state index contributed by atoms with van der Waals surface area (Å²) >= 11 is 0. The van der Waals surface area contributed by atoms with Crippen LogP contribution in [0.5, 0.6) is 0 Å². The first-order chi connectivity index (χ1) is 15.5. The Kier molecular flexibility index (Phi) is 4.34. The van der Waals surface area contributed by atoms with Crippen LogP contribution in [0.25, 0.3) is 27.7 Å². The van der Waals surface area contributed by atoms with Crippen molar-refractivity contribution < 1.29 is 9.53 Å². The molecular formula is C24H26N6O2. The quantitative estimate of drug-likeness (QED) is 0.482. The van der Waals surface area contributed by atoms with Gasteiger partial charge in [0, 0.05) is 54.9 Å². The average molecular weight is 431 g/mol. The minimum atomic E-state index is -0.387. The third-order valence-corrected chi connectivity index (χ3v) is 6.40. The molecule has 1 saturated heterocycles. The number of anilines is 1. The maximum Gasteiger partial charge on any atom is 0.342 e. The Morgan fingerprint density at radius 2 is 1.91 bits per heavy atom. The Bertz CT molecular complexity index is 1360. The summed E-state index contributed by atoms with van der Waals surface area (Å²) in [6.45, 7) is 6.14. The highest BCUT2D eigenvalue weighted by atomic mass is 16.5. The minimum absolute atomic E-state index is 0.0738. The molecule has 4 aromatic rings. The van der Waals surface area contributed by atoms with E-state index in [-0.39, 0.29) is 18.1 Å². The number of hydrogen-bond donors (Lipinski definition) is 2. The number of pyridine rings is 2. The van der Waals surface area contributed by atoms with Gasteiger partial charge in [0.05, 0.1) is 11.0 Å². The number of rotatable bonds is 3. The molecule has 0 spiro atoms. The topological polar surface area (TPSA) is 97.8 Å². The lowest BCUT2D eigenvalue weighted by molar-refractivity contribution is 0.0466. The van der Waals surface area contributed by atoms with Crippen LogP contribution in [0.1, 0.15) is 30.6 Å². The molecule has 0 radical (unpaired) electrons. The SMILES string of the molecule is C[C@@H]1CN(c2ccnc3c2cc(C(=O)OC2CC2N)c2nc4ccccc4n23)C[C@H](C)N1. The fourth-order valence-electron chi connectivity index (χ4n) is 4.87. The molecule has 164 valence electrons. The molecule has 0 amide bonds. The van der Waals surface area contributed by atoms with E-state index in [4.69, 9.17) is 20.4 Å². The van der Waals surface area contributed by atoms with Crippen molar-refractivity contribution >= 4 is 39.4 Å². The molecule has 6 rings (SSSR count). The van der Waals surface area contributed by atoms with Crippen molar-refractivity contribution in [2.75, 3.05) is 18.0 Å². The maximum absolute atomic E-state index is 13.2. The number of carbonyl (C=O) groups is 1. The molecule has 1 saturated carbocycles. The second-order valence-corrected chi connectivity index (χ2v) is 9.10. The van der Waals surface area contributed by atoms with Crippen LogP contribution in [0.2, 0.25) is 0 Å². The van der Waals surface area contributed by atoms with Gasteiger partial charge < -0.3 is 20.7 Å². The standard InChI is InChI=1S/C24H26N6O2/c1-13-11-29(12-14(2)27-13)19-7-8-26-22-15(19)9-16(24(31)32-21-10-17(21)25)23-28-18-5-3-4-6-20(18)30(22)23/h3-9,13-14,17,21,27H,10-12,25H2,1-2H3/t13-,14+,17?,21?. The summed E-state index contributed by atoms with van der Waals surface area (Å²) in [5, 5.41) is 4.49. The highest BCUT2D eigenvalue weighted by molar-refractivity contribution is 6.05. The van der Waals surface area contributed by atoms with Crippen molar-refractivity contribution in [3.8, 4) is 0 Å². The van der Waals surface area contributed by atoms with Crippen molar-refractivity contribution in [2.24, 2.45) is 5.73 Å². The first-order valence-corrected chi connectivity index (χ1v) is 11.2. The van der Waals surface area contributed by atoms with Crippen LogP contribution in [0.15, 0.2) is 42.6 Å². The number of nitrogens with one attached hydrogen (secondary N) is 1. The lowest BCUT2D eigenvalue weighted by Crippen LogP contribution is -2.54. The van der Waals surface area contributed by atoms with E-state index in [2.05, 4.69) is 24.1 Å². The minimum Gasteiger partial charge on any atom is -0.457 e. The molecule has 8 heteroatoms. The zero-order valence-electron chi connectivity index (χ0n) is 18.2. The van der Waals surface area contributed by atoms with Crippen molar-refractivity contribution in [3.63, 3.8) is 0 Å². The number of aromatic nitrogens is 3. The van der Waals surface area contributed by atoms with Gasteiger partial charge in [0.1, 0.15) is 17.3 Å². The van der Waals surface area contributed by atoms with Gasteiger partial charge in [0.15, 0.2) is 5.65 Å². The lowest BCUT2D eigenvalue weighted by Gasteiger charge is -2.38. The van der Waals surface area contributed by atoms with Gasteiger partial charge in [-0.15, -0.1) is 0 Å². The predicted molar refractivity (Wildman–Crippen MR) is 124 cm³/mol. The number of esters is 1. The molecule has 1 aliphatic carbocycles. The number of carbonyl (C=O) groups excluding carboxylic acids is 1. The van der Waals surface area contributed by atoms with Crippen LogP contribution >= 0.6 is 0 Å². The second kappa shape index (κ2) is 7.15. The second-order valence-electron chi connectivity index (χ2n) is 9.10. The molecule has 0 bridgehead atoms. The average Bonchev–Trinajstić information content (AvgIpc) is 3.31. The Balaban J connectivity index is 1.61. The molecule has 2 fully saturated rings. The van der Waals surface area contributed by atoms with Crippen LogP contribution < -0.4 is 16.0 Å². The summed E-state index contributed by atoms with van der Waals surface area (Å²) < 4.78 is 7.65. The first kappa shape index (κ1) is 19.5. The Morgan fingerprint density at radius 1 is 1.16 bits per heavy atom. The van der Waals surface area contributed by atoms with E-state index in [0.29, 0.717) is 29.7 Å². The summed E-state index contributed by atoms with van der Waals surface area (Å²) in [6, 6.07) is 12.4. The molecule has 4 heterocycles. The molecule has 2 unspecified atom stereocenters. The van der Waals surface area contributed by atoms with Gasteiger partial charge in [-0.05, 0) is 38.1 Å². The number of nitrogens with two attached hydrogens (primary N) is 1. The van der Waals surface area contributed by atoms with Gasteiger partial charge in [-0.2, -0.15) is 0 Å². The number of hydrogen-bond acceptors (Lipinski definition) is 7. The fourth-order valence-corrected chi connectivity index (χ4v) is 4.87.